The molecule has 0 rings (SSSR count). The van der Waals surface area contributed by atoms with Crippen molar-refractivity contribution < 1.29 is 37.3 Å². The molecule has 0 radical (unpaired) electrons. The highest BCUT2D eigenvalue weighted by molar-refractivity contribution is 7.47. The van der Waals surface area contributed by atoms with E-state index in [-0.39, 0.29) is 25.8 Å². The zero-order chi connectivity index (χ0) is 47.6. The number of allylic oxidation sites excluding steroid dienone is 8. The van der Waals surface area contributed by atoms with E-state index in [1.807, 2.05) is 21.1 Å². The molecule has 0 spiro atoms. The van der Waals surface area contributed by atoms with E-state index in [0.717, 1.165) is 64.2 Å². The third-order valence-corrected chi connectivity index (χ3v) is 12.9. The second-order valence-electron chi connectivity index (χ2n) is 19.6. The summed E-state index contributed by atoms with van der Waals surface area (Å²) in [4.78, 5) is 23.0. The Morgan fingerprint density at radius 1 is 0.492 bits per heavy atom. The molecule has 2 unspecified atom stereocenters. The first-order valence-corrected chi connectivity index (χ1v) is 28.9. The van der Waals surface area contributed by atoms with Gasteiger partial charge in [0.25, 0.3) is 0 Å². The second-order valence-corrected chi connectivity index (χ2v) is 21.0. The largest absolute Gasteiger partial charge is 0.472 e. The second kappa shape index (κ2) is 48.9. The summed E-state index contributed by atoms with van der Waals surface area (Å²) >= 11 is 0. The summed E-state index contributed by atoms with van der Waals surface area (Å²) in [5.41, 5.74) is 0. The lowest BCUT2D eigenvalue weighted by Gasteiger charge is -2.24. The van der Waals surface area contributed by atoms with Gasteiger partial charge in [0.05, 0.1) is 34.4 Å². The van der Waals surface area contributed by atoms with Crippen molar-refractivity contribution in [2.75, 3.05) is 54.1 Å². The summed E-state index contributed by atoms with van der Waals surface area (Å²) in [7, 11) is 1.67. The zero-order valence-electron chi connectivity index (χ0n) is 43.5. The summed E-state index contributed by atoms with van der Waals surface area (Å²) in [6.07, 6.45) is 61.6. The molecule has 0 aromatic heterocycles. The molecule has 2 atom stereocenters. The van der Waals surface area contributed by atoms with Gasteiger partial charge in [-0.05, 0) is 51.4 Å². The van der Waals surface area contributed by atoms with E-state index in [1.54, 1.807) is 0 Å². The molecule has 0 aliphatic heterocycles. The van der Waals surface area contributed by atoms with Crippen LogP contribution in [0.3, 0.4) is 0 Å². The molecule has 0 aromatic rings. The first-order valence-electron chi connectivity index (χ1n) is 27.4. The monoisotopic (exact) mass is 937 g/mol. The molecule has 0 bridgehead atoms. The standard InChI is InChI=1S/C56H106NO7P/c1-6-8-10-12-14-16-18-20-22-24-26-28-30-32-34-36-38-40-42-44-46-48-51-61-53-55(54-63-65(59,60)62-52-50-57(3,4)5)64-56(58)49-47-45-43-41-39-37-35-33-31-29-27-25-23-21-19-17-15-13-11-9-7-2/h9,11,15,17,21,23,27,29,55H,6-8,10,12-14,16,18-20,22,24-26,28,30-54H2,1-5H3/p+1/b11-9-,17-15-,23-21-,29-27-. The number of nitrogens with zero attached hydrogens (tertiary/aromatic N) is 1. The van der Waals surface area contributed by atoms with E-state index in [9.17, 15) is 14.3 Å². The highest BCUT2D eigenvalue weighted by Crippen LogP contribution is 2.43. The van der Waals surface area contributed by atoms with Crippen LogP contribution in [0.5, 0.6) is 0 Å². The number of quaternary nitrogens is 1. The average molecular weight is 937 g/mol. The van der Waals surface area contributed by atoms with Crippen molar-refractivity contribution in [1.29, 1.82) is 0 Å². The van der Waals surface area contributed by atoms with Gasteiger partial charge in [-0.2, -0.15) is 0 Å². The van der Waals surface area contributed by atoms with Gasteiger partial charge in [0.15, 0.2) is 0 Å². The van der Waals surface area contributed by atoms with E-state index in [4.69, 9.17) is 18.5 Å². The first-order chi connectivity index (χ1) is 31.6. The van der Waals surface area contributed by atoms with Gasteiger partial charge in [0, 0.05) is 13.0 Å². The van der Waals surface area contributed by atoms with Crippen LogP contribution in [0.4, 0.5) is 0 Å². The third-order valence-electron chi connectivity index (χ3n) is 11.9. The lowest BCUT2D eigenvalue weighted by Crippen LogP contribution is -2.37. The van der Waals surface area contributed by atoms with Crippen LogP contribution in [0.1, 0.15) is 245 Å². The van der Waals surface area contributed by atoms with Crippen LogP contribution in [0.25, 0.3) is 0 Å². The van der Waals surface area contributed by atoms with Gasteiger partial charge in [-0.15, -0.1) is 0 Å². The number of hydrogen-bond acceptors (Lipinski definition) is 6. The lowest BCUT2D eigenvalue weighted by molar-refractivity contribution is -0.870. The number of unbranched alkanes of at least 4 members (excludes halogenated alkanes) is 29. The zero-order valence-corrected chi connectivity index (χ0v) is 44.4. The maximum atomic E-state index is 12.8. The van der Waals surface area contributed by atoms with E-state index >= 15 is 0 Å². The minimum Gasteiger partial charge on any atom is -0.457 e. The van der Waals surface area contributed by atoms with Crippen molar-refractivity contribution in [3.05, 3.63) is 48.6 Å². The lowest BCUT2D eigenvalue weighted by atomic mass is 10.0. The van der Waals surface area contributed by atoms with Crippen molar-refractivity contribution in [2.24, 2.45) is 0 Å². The van der Waals surface area contributed by atoms with Gasteiger partial charge in [-0.25, -0.2) is 4.57 Å². The summed E-state index contributed by atoms with van der Waals surface area (Å²) in [5.74, 6) is -0.318. The maximum absolute atomic E-state index is 12.8. The van der Waals surface area contributed by atoms with Gasteiger partial charge in [-0.3, -0.25) is 13.8 Å². The number of rotatable bonds is 51. The van der Waals surface area contributed by atoms with Gasteiger partial charge >= 0.3 is 13.8 Å². The molecule has 1 N–H and O–H groups in total. The summed E-state index contributed by atoms with van der Waals surface area (Å²) in [5, 5.41) is 0. The Bertz CT molecular complexity index is 1180. The molecule has 65 heavy (non-hydrogen) atoms. The van der Waals surface area contributed by atoms with Crippen LogP contribution in [0, 0.1) is 0 Å². The molecular formula is C56H107NO7P+. The van der Waals surface area contributed by atoms with E-state index in [2.05, 4.69) is 62.5 Å². The van der Waals surface area contributed by atoms with Gasteiger partial charge < -0.3 is 18.9 Å². The minimum atomic E-state index is -4.28. The fourth-order valence-corrected chi connectivity index (χ4v) is 8.46. The van der Waals surface area contributed by atoms with Crippen molar-refractivity contribution in [3.63, 3.8) is 0 Å². The van der Waals surface area contributed by atoms with Gasteiger partial charge in [0.1, 0.15) is 19.3 Å². The fourth-order valence-electron chi connectivity index (χ4n) is 7.72. The van der Waals surface area contributed by atoms with Crippen LogP contribution in [0.15, 0.2) is 48.6 Å². The number of esters is 1. The predicted molar refractivity (Wildman–Crippen MR) is 279 cm³/mol. The molecule has 0 heterocycles. The number of carbonyl (C=O) groups is 1. The number of hydrogen-bond donors (Lipinski definition) is 1. The molecule has 0 aliphatic carbocycles. The molecule has 0 fully saturated rings. The van der Waals surface area contributed by atoms with E-state index < -0.39 is 13.9 Å². The Morgan fingerprint density at radius 3 is 1.34 bits per heavy atom. The number of carbonyl (C=O) groups excluding carboxylic acids is 1. The number of phosphoric ester groups is 1. The number of ether oxygens (including phenoxy) is 2. The summed E-state index contributed by atoms with van der Waals surface area (Å²) in [6.45, 7) is 5.55. The highest BCUT2D eigenvalue weighted by Gasteiger charge is 2.26. The molecule has 0 amide bonds. The summed E-state index contributed by atoms with van der Waals surface area (Å²) < 4.78 is 35.2. The van der Waals surface area contributed by atoms with Crippen LogP contribution >= 0.6 is 7.82 Å². The molecule has 8 nitrogen and oxygen atoms in total. The number of likely N-dealkylation sites (N-methyl/N-ethyl adjacent to an activating group) is 1. The Kier molecular flexibility index (Phi) is 47.7. The molecule has 382 valence electrons. The Balaban J connectivity index is 4.10. The van der Waals surface area contributed by atoms with Crippen molar-refractivity contribution in [2.45, 2.75) is 251 Å². The third kappa shape index (κ3) is 53.3. The Morgan fingerprint density at radius 2 is 0.892 bits per heavy atom. The quantitative estimate of drug-likeness (QED) is 0.0214. The molecule has 0 aromatic carbocycles. The predicted octanol–water partition coefficient (Wildman–Crippen LogP) is 17.1. The van der Waals surface area contributed by atoms with Crippen molar-refractivity contribution >= 4 is 13.8 Å². The molecule has 9 heteroatoms. The Labute approximate surface area is 403 Å². The SMILES string of the molecule is CC/C=C\C/C=C\C/C=C\C/C=C\CCCCCCCCCCC(=O)OC(COCCCCCCCCCCCCCCCCCCCCCCCC)COP(=O)(O)OCC[N+](C)(C)C. The maximum Gasteiger partial charge on any atom is 0.472 e. The van der Waals surface area contributed by atoms with Crippen molar-refractivity contribution in [1.82, 2.24) is 0 Å². The molecule has 0 saturated carbocycles. The van der Waals surface area contributed by atoms with Crippen LogP contribution in [0.2, 0.25) is 0 Å². The topological polar surface area (TPSA) is 91.3 Å². The number of phosphoric acid groups is 1. The van der Waals surface area contributed by atoms with E-state index in [0.29, 0.717) is 24.1 Å². The van der Waals surface area contributed by atoms with Gasteiger partial charge in [-0.1, -0.05) is 236 Å². The molecular weight excluding hydrogens is 830 g/mol. The fraction of sp³-hybridized carbons (Fsp3) is 0.839. The smallest absolute Gasteiger partial charge is 0.457 e. The van der Waals surface area contributed by atoms with E-state index in [1.165, 1.54) is 161 Å². The minimum absolute atomic E-state index is 0.0871. The van der Waals surface area contributed by atoms with Gasteiger partial charge in [0.2, 0.25) is 0 Å². The Hall–Kier alpha value is -1.54. The summed E-state index contributed by atoms with van der Waals surface area (Å²) in [6, 6.07) is 0. The molecule has 0 saturated heterocycles. The van der Waals surface area contributed by atoms with Crippen LogP contribution in [-0.4, -0.2) is 75.6 Å². The molecule has 0 aliphatic rings. The highest BCUT2D eigenvalue weighted by atomic mass is 31.2. The van der Waals surface area contributed by atoms with Crippen LogP contribution < -0.4 is 0 Å². The van der Waals surface area contributed by atoms with Crippen molar-refractivity contribution in [3.8, 4) is 0 Å². The average Bonchev–Trinajstić information content (AvgIpc) is 3.27. The normalized spacial score (nSPS) is 13.9. The van der Waals surface area contributed by atoms with Crippen LogP contribution in [-0.2, 0) is 27.9 Å². The first kappa shape index (κ1) is 63.5.